The van der Waals surface area contributed by atoms with E-state index in [2.05, 4.69) is 26.2 Å². The second-order valence-corrected chi connectivity index (χ2v) is 4.34. The molecule has 0 aliphatic rings. The van der Waals surface area contributed by atoms with E-state index in [0.717, 1.165) is 0 Å². The second-order valence-electron chi connectivity index (χ2n) is 2.98. The summed E-state index contributed by atoms with van der Waals surface area (Å²) >= 11 is 8.73. The number of carboxylic acid groups (broad SMARTS) is 1. The van der Waals surface area contributed by atoms with E-state index in [1.165, 1.54) is 6.20 Å². The molecule has 16 heavy (non-hydrogen) atoms. The fourth-order valence-electron chi connectivity index (χ4n) is 1.04. The van der Waals surface area contributed by atoms with Gasteiger partial charge in [-0.15, -0.1) is 0 Å². The second kappa shape index (κ2) is 5.81. The standard InChI is InChI=1S/C9H9BrClN3O2/c10-7(12)4-6(9(15)16)14-8-5(11)2-1-3-13-8/h1-3,6,12H,4H2,(H,13,14)(H,15,16). The molecule has 0 aliphatic heterocycles. The molecule has 1 atom stereocenters. The molecule has 1 aromatic rings. The lowest BCUT2D eigenvalue weighted by Crippen LogP contribution is -2.31. The highest BCUT2D eigenvalue weighted by Gasteiger charge is 2.19. The van der Waals surface area contributed by atoms with Crippen LogP contribution in [0, 0.1) is 5.41 Å². The van der Waals surface area contributed by atoms with Gasteiger partial charge in [-0.05, 0) is 28.1 Å². The summed E-state index contributed by atoms with van der Waals surface area (Å²) in [5.41, 5.74) is 0. The number of rotatable bonds is 5. The maximum atomic E-state index is 10.9. The van der Waals surface area contributed by atoms with Gasteiger partial charge in [0.05, 0.1) is 9.64 Å². The maximum absolute atomic E-state index is 10.9. The van der Waals surface area contributed by atoms with E-state index in [1.54, 1.807) is 12.1 Å². The highest BCUT2D eigenvalue weighted by molar-refractivity contribution is 9.18. The molecule has 0 aromatic carbocycles. The number of aliphatic carboxylic acids is 1. The van der Waals surface area contributed by atoms with E-state index in [4.69, 9.17) is 22.1 Å². The van der Waals surface area contributed by atoms with Crippen LogP contribution in [0.3, 0.4) is 0 Å². The van der Waals surface area contributed by atoms with E-state index >= 15 is 0 Å². The van der Waals surface area contributed by atoms with Crippen molar-refractivity contribution >= 4 is 43.9 Å². The summed E-state index contributed by atoms with van der Waals surface area (Å²) in [5, 5.41) is 19.1. The van der Waals surface area contributed by atoms with Crippen molar-refractivity contribution in [2.75, 3.05) is 5.32 Å². The largest absolute Gasteiger partial charge is 0.480 e. The normalized spacial score (nSPS) is 11.9. The first kappa shape index (κ1) is 12.9. The highest BCUT2D eigenvalue weighted by atomic mass is 79.9. The molecule has 1 unspecified atom stereocenters. The first-order valence-corrected chi connectivity index (χ1v) is 5.50. The van der Waals surface area contributed by atoms with Gasteiger partial charge >= 0.3 is 5.97 Å². The summed E-state index contributed by atoms with van der Waals surface area (Å²) in [4.78, 5) is 14.8. The van der Waals surface area contributed by atoms with Gasteiger partial charge in [-0.25, -0.2) is 9.78 Å². The first-order chi connectivity index (χ1) is 7.50. The lowest BCUT2D eigenvalue weighted by Gasteiger charge is -2.14. The molecule has 0 saturated carbocycles. The summed E-state index contributed by atoms with van der Waals surface area (Å²) in [6, 6.07) is 2.32. The van der Waals surface area contributed by atoms with Crippen LogP contribution < -0.4 is 5.32 Å². The number of nitrogens with zero attached hydrogens (tertiary/aromatic N) is 1. The molecule has 3 N–H and O–H groups in total. The Bertz CT molecular complexity index is 413. The molecule has 5 nitrogen and oxygen atoms in total. The Labute approximate surface area is 105 Å². The Morgan fingerprint density at radius 3 is 2.94 bits per heavy atom. The fraction of sp³-hybridized carbons (Fsp3) is 0.222. The molecule has 0 bridgehead atoms. The van der Waals surface area contributed by atoms with Gasteiger partial charge in [0.15, 0.2) is 0 Å². The summed E-state index contributed by atoms with van der Waals surface area (Å²) in [6.07, 6.45) is 1.54. The van der Waals surface area contributed by atoms with Crippen LogP contribution in [0.25, 0.3) is 0 Å². The first-order valence-electron chi connectivity index (χ1n) is 4.33. The minimum Gasteiger partial charge on any atom is -0.480 e. The Morgan fingerprint density at radius 2 is 2.44 bits per heavy atom. The van der Waals surface area contributed by atoms with Crippen LogP contribution in [-0.4, -0.2) is 26.7 Å². The van der Waals surface area contributed by atoms with Gasteiger partial charge in [-0.2, -0.15) is 0 Å². The predicted molar refractivity (Wildman–Crippen MR) is 65.6 cm³/mol. The Balaban J connectivity index is 2.80. The number of halogens is 2. The number of hydrogen-bond acceptors (Lipinski definition) is 4. The van der Waals surface area contributed by atoms with Gasteiger partial charge in [-0.1, -0.05) is 11.6 Å². The van der Waals surface area contributed by atoms with Crippen molar-refractivity contribution in [1.29, 1.82) is 5.41 Å². The SMILES string of the molecule is N=C(Br)CC(Nc1ncccc1Cl)C(=O)O. The third-order valence-electron chi connectivity index (χ3n) is 1.75. The van der Waals surface area contributed by atoms with Crippen molar-refractivity contribution in [3.8, 4) is 0 Å². The number of nitrogens with one attached hydrogen (secondary N) is 2. The average Bonchev–Trinajstić information content (AvgIpc) is 2.19. The van der Waals surface area contributed by atoms with Crippen molar-refractivity contribution in [2.45, 2.75) is 12.5 Å². The Kier molecular flexibility index (Phi) is 4.70. The van der Waals surface area contributed by atoms with Gasteiger partial charge in [-0.3, -0.25) is 5.41 Å². The zero-order chi connectivity index (χ0) is 12.1. The predicted octanol–water partition coefficient (Wildman–Crippen LogP) is 2.36. The van der Waals surface area contributed by atoms with Gasteiger partial charge in [0.1, 0.15) is 11.9 Å². The number of anilines is 1. The minimum absolute atomic E-state index is 0.0300. The lowest BCUT2D eigenvalue weighted by atomic mass is 10.2. The molecule has 0 aliphatic carbocycles. The van der Waals surface area contributed by atoms with Crippen LogP contribution in [0.4, 0.5) is 5.82 Å². The Morgan fingerprint density at radius 1 is 1.75 bits per heavy atom. The van der Waals surface area contributed by atoms with Crippen molar-refractivity contribution in [1.82, 2.24) is 4.98 Å². The van der Waals surface area contributed by atoms with E-state index in [0.29, 0.717) is 10.8 Å². The lowest BCUT2D eigenvalue weighted by molar-refractivity contribution is -0.137. The van der Waals surface area contributed by atoms with Gasteiger partial charge in [0.2, 0.25) is 0 Å². The molecule has 1 heterocycles. The van der Waals surface area contributed by atoms with Crippen molar-refractivity contribution in [3.05, 3.63) is 23.4 Å². The third kappa shape index (κ3) is 3.79. The number of carboxylic acids is 1. The van der Waals surface area contributed by atoms with Crippen LogP contribution in [0.2, 0.25) is 5.02 Å². The van der Waals surface area contributed by atoms with Crippen molar-refractivity contribution in [2.24, 2.45) is 0 Å². The molecule has 0 fully saturated rings. The molecule has 0 radical (unpaired) electrons. The van der Waals surface area contributed by atoms with Gasteiger partial charge in [0.25, 0.3) is 0 Å². The van der Waals surface area contributed by atoms with Crippen LogP contribution in [-0.2, 0) is 4.79 Å². The number of aromatic nitrogens is 1. The van der Waals surface area contributed by atoms with Gasteiger partial charge in [0, 0.05) is 12.6 Å². The number of carbonyl (C=O) groups is 1. The van der Waals surface area contributed by atoms with Gasteiger partial charge < -0.3 is 10.4 Å². The van der Waals surface area contributed by atoms with E-state index in [-0.39, 0.29) is 11.0 Å². The molecule has 0 spiro atoms. The molecule has 1 rings (SSSR count). The topological polar surface area (TPSA) is 86.1 Å². The van der Waals surface area contributed by atoms with Crippen LogP contribution >= 0.6 is 27.5 Å². The number of pyridine rings is 1. The minimum atomic E-state index is -1.06. The van der Waals surface area contributed by atoms with Crippen LogP contribution in [0.15, 0.2) is 18.3 Å². The molecule has 86 valence electrons. The molecular formula is C9H9BrClN3O2. The maximum Gasteiger partial charge on any atom is 0.326 e. The van der Waals surface area contributed by atoms with Crippen molar-refractivity contribution in [3.63, 3.8) is 0 Å². The van der Waals surface area contributed by atoms with E-state index in [1.807, 2.05) is 0 Å². The molecular weight excluding hydrogens is 297 g/mol. The zero-order valence-electron chi connectivity index (χ0n) is 8.08. The highest BCUT2D eigenvalue weighted by Crippen LogP contribution is 2.19. The third-order valence-corrected chi connectivity index (χ3v) is 2.38. The van der Waals surface area contributed by atoms with Crippen LogP contribution in [0.1, 0.15) is 6.42 Å². The summed E-state index contributed by atoms with van der Waals surface area (Å²) in [6.45, 7) is 0. The zero-order valence-corrected chi connectivity index (χ0v) is 10.4. The van der Waals surface area contributed by atoms with E-state index in [9.17, 15) is 4.79 Å². The van der Waals surface area contributed by atoms with Crippen molar-refractivity contribution < 1.29 is 9.90 Å². The molecule has 7 heteroatoms. The smallest absolute Gasteiger partial charge is 0.326 e. The quantitative estimate of drug-likeness (QED) is 0.729. The fourth-order valence-corrected chi connectivity index (χ4v) is 1.54. The van der Waals surface area contributed by atoms with Crippen LogP contribution in [0.5, 0.6) is 0 Å². The molecule has 0 amide bonds. The number of hydrogen-bond donors (Lipinski definition) is 3. The van der Waals surface area contributed by atoms with E-state index < -0.39 is 12.0 Å². The monoisotopic (exact) mass is 305 g/mol. The average molecular weight is 307 g/mol. The summed E-state index contributed by atoms with van der Waals surface area (Å²) in [5.74, 6) is -0.767. The Hall–Kier alpha value is -1.14. The molecule has 1 aromatic heterocycles. The summed E-state index contributed by atoms with van der Waals surface area (Å²) in [7, 11) is 0. The molecule has 0 saturated heterocycles. The summed E-state index contributed by atoms with van der Waals surface area (Å²) < 4.78 is 0.0967.